The van der Waals surface area contributed by atoms with Crippen LogP contribution in [0.25, 0.3) is 0 Å². The summed E-state index contributed by atoms with van der Waals surface area (Å²) in [7, 11) is 1.88. The first kappa shape index (κ1) is 12.5. The lowest BCUT2D eigenvalue weighted by atomic mass is 9.96. The number of anilines is 1. The molecule has 2 heterocycles. The molecule has 4 nitrogen and oxygen atoms in total. The zero-order chi connectivity index (χ0) is 13.2. The lowest BCUT2D eigenvalue weighted by molar-refractivity contribution is 0.207. The van der Waals surface area contributed by atoms with Crippen molar-refractivity contribution in [1.82, 2.24) is 10.2 Å². The molecule has 1 aromatic rings. The second-order valence-corrected chi connectivity index (χ2v) is 5.57. The first-order chi connectivity index (χ1) is 9.25. The smallest absolute Gasteiger partial charge is 0.323 e. The third kappa shape index (κ3) is 2.45. The highest BCUT2D eigenvalue weighted by molar-refractivity contribution is 5.94. The van der Waals surface area contributed by atoms with Crippen molar-refractivity contribution in [3.05, 3.63) is 29.8 Å². The number of hydrogen-bond acceptors (Lipinski definition) is 2. The number of nitrogens with one attached hydrogen (secondary N) is 1. The van der Waals surface area contributed by atoms with Gasteiger partial charge in [-0.25, -0.2) is 4.79 Å². The number of benzene rings is 1. The Labute approximate surface area is 114 Å². The maximum atomic E-state index is 12.4. The monoisotopic (exact) mass is 259 g/mol. The van der Waals surface area contributed by atoms with Gasteiger partial charge in [0.25, 0.3) is 0 Å². The van der Waals surface area contributed by atoms with E-state index in [1.807, 2.05) is 29.0 Å². The van der Waals surface area contributed by atoms with Gasteiger partial charge in [0.1, 0.15) is 0 Å². The van der Waals surface area contributed by atoms with E-state index >= 15 is 0 Å². The van der Waals surface area contributed by atoms with Gasteiger partial charge in [-0.15, -0.1) is 0 Å². The van der Waals surface area contributed by atoms with Crippen molar-refractivity contribution in [3.8, 4) is 0 Å². The summed E-state index contributed by atoms with van der Waals surface area (Å²) in [5.41, 5.74) is 2.35. The second kappa shape index (κ2) is 5.21. The fraction of sp³-hybridized carbons (Fsp3) is 0.533. The maximum absolute atomic E-state index is 12.4. The highest BCUT2D eigenvalue weighted by Gasteiger charge is 2.29. The molecule has 2 aliphatic heterocycles. The molecule has 1 aromatic carbocycles. The second-order valence-electron chi connectivity index (χ2n) is 5.57. The summed E-state index contributed by atoms with van der Waals surface area (Å²) in [6, 6.07) is 8.39. The number of hydrogen-bond donors (Lipinski definition) is 1. The predicted molar refractivity (Wildman–Crippen MR) is 76.2 cm³/mol. The molecule has 1 fully saturated rings. The fourth-order valence-electron chi connectivity index (χ4n) is 3.04. The molecule has 0 radical (unpaired) electrons. The van der Waals surface area contributed by atoms with Gasteiger partial charge in [-0.1, -0.05) is 18.2 Å². The van der Waals surface area contributed by atoms with Gasteiger partial charge in [-0.05, 0) is 43.5 Å². The summed E-state index contributed by atoms with van der Waals surface area (Å²) < 4.78 is 0. The minimum Gasteiger partial charge on any atom is -0.323 e. The van der Waals surface area contributed by atoms with E-state index in [1.54, 1.807) is 0 Å². The van der Waals surface area contributed by atoms with Crippen LogP contribution in [0.15, 0.2) is 24.3 Å². The molecular formula is C15H21N3O. The normalized spacial score (nSPS) is 20.6. The Hall–Kier alpha value is -1.55. The first-order valence-electron chi connectivity index (χ1n) is 7.07. The Morgan fingerprint density at radius 2 is 2.00 bits per heavy atom. The van der Waals surface area contributed by atoms with Crippen LogP contribution >= 0.6 is 0 Å². The first-order valence-corrected chi connectivity index (χ1v) is 7.07. The SMILES string of the molecule is CN1Cc2ccccc2N(CC2CCNCC2)C1=O. The van der Waals surface area contributed by atoms with Crippen LogP contribution in [0.4, 0.5) is 10.5 Å². The molecule has 1 N–H and O–H groups in total. The lowest BCUT2D eigenvalue weighted by Gasteiger charge is -2.37. The van der Waals surface area contributed by atoms with Crippen LogP contribution in [0.2, 0.25) is 0 Å². The van der Waals surface area contributed by atoms with Crippen molar-refractivity contribution in [1.29, 1.82) is 0 Å². The molecule has 0 spiro atoms. The van der Waals surface area contributed by atoms with Gasteiger partial charge in [0.2, 0.25) is 0 Å². The zero-order valence-electron chi connectivity index (χ0n) is 11.4. The van der Waals surface area contributed by atoms with Crippen molar-refractivity contribution in [2.24, 2.45) is 5.92 Å². The third-order valence-corrected chi connectivity index (χ3v) is 4.15. The summed E-state index contributed by atoms with van der Waals surface area (Å²) in [6.45, 7) is 3.72. The molecule has 3 rings (SSSR count). The van der Waals surface area contributed by atoms with E-state index in [2.05, 4.69) is 17.4 Å². The average Bonchev–Trinajstić information content (AvgIpc) is 2.45. The van der Waals surface area contributed by atoms with Gasteiger partial charge in [-0.3, -0.25) is 4.90 Å². The van der Waals surface area contributed by atoms with Crippen molar-refractivity contribution in [2.45, 2.75) is 19.4 Å². The van der Waals surface area contributed by atoms with Gasteiger partial charge in [0.15, 0.2) is 0 Å². The van der Waals surface area contributed by atoms with Crippen LogP contribution in [-0.4, -0.2) is 37.6 Å². The predicted octanol–water partition coefficient (Wildman–Crippen LogP) is 2.06. The summed E-state index contributed by atoms with van der Waals surface area (Å²) in [5.74, 6) is 0.616. The number of carbonyl (C=O) groups is 1. The van der Waals surface area contributed by atoms with E-state index in [9.17, 15) is 4.79 Å². The van der Waals surface area contributed by atoms with Crippen molar-refractivity contribution >= 4 is 11.7 Å². The van der Waals surface area contributed by atoms with Gasteiger partial charge < -0.3 is 10.2 Å². The number of carbonyl (C=O) groups excluding carboxylic acids is 1. The van der Waals surface area contributed by atoms with Gasteiger partial charge >= 0.3 is 6.03 Å². The Kier molecular flexibility index (Phi) is 3.42. The highest BCUT2D eigenvalue weighted by atomic mass is 16.2. The molecule has 2 aliphatic rings. The molecule has 0 atom stereocenters. The molecule has 0 bridgehead atoms. The Bertz CT molecular complexity index is 468. The number of amides is 2. The highest BCUT2D eigenvalue weighted by Crippen LogP contribution is 2.29. The average molecular weight is 259 g/mol. The fourth-order valence-corrected chi connectivity index (χ4v) is 3.04. The van der Waals surface area contributed by atoms with Crippen molar-refractivity contribution in [3.63, 3.8) is 0 Å². The van der Waals surface area contributed by atoms with Crippen LogP contribution in [-0.2, 0) is 6.54 Å². The molecule has 102 valence electrons. The van der Waals surface area contributed by atoms with E-state index < -0.39 is 0 Å². The largest absolute Gasteiger partial charge is 0.324 e. The number of rotatable bonds is 2. The Morgan fingerprint density at radius 3 is 2.79 bits per heavy atom. The zero-order valence-corrected chi connectivity index (χ0v) is 11.4. The minimum atomic E-state index is 0.136. The summed E-state index contributed by atoms with van der Waals surface area (Å²) in [4.78, 5) is 16.2. The minimum absolute atomic E-state index is 0.136. The van der Waals surface area contributed by atoms with E-state index in [1.165, 1.54) is 5.56 Å². The summed E-state index contributed by atoms with van der Waals surface area (Å²) in [6.07, 6.45) is 2.32. The molecule has 1 saturated heterocycles. The van der Waals surface area contributed by atoms with Crippen LogP contribution < -0.4 is 10.2 Å². The number of urea groups is 1. The van der Waals surface area contributed by atoms with E-state index in [-0.39, 0.29) is 6.03 Å². The lowest BCUT2D eigenvalue weighted by Crippen LogP contribution is -2.48. The Morgan fingerprint density at radius 1 is 1.26 bits per heavy atom. The van der Waals surface area contributed by atoms with E-state index in [0.717, 1.165) is 44.7 Å². The van der Waals surface area contributed by atoms with Gasteiger partial charge in [-0.2, -0.15) is 0 Å². The van der Waals surface area contributed by atoms with Crippen LogP contribution in [0.3, 0.4) is 0 Å². The molecule has 0 unspecified atom stereocenters. The Balaban J connectivity index is 1.83. The van der Waals surface area contributed by atoms with Crippen LogP contribution in [0.1, 0.15) is 18.4 Å². The number of piperidine rings is 1. The number of nitrogens with zero attached hydrogens (tertiary/aromatic N) is 2. The molecular weight excluding hydrogens is 238 g/mol. The van der Waals surface area contributed by atoms with E-state index in [0.29, 0.717) is 5.92 Å². The summed E-state index contributed by atoms with van der Waals surface area (Å²) >= 11 is 0. The molecule has 2 amide bonds. The van der Waals surface area contributed by atoms with Crippen LogP contribution in [0, 0.1) is 5.92 Å². The van der Waals surface area contributed by atoms with Gasteiger partial charge in [0, 0.05) is 20.1 Å². The molecule has 19 heavy (non-hydrogen) atoms. The van der Waals surface area contributed by atoms with Gasteiger partial charge in [0.05, 0.1) is 5.69 Å². The summed E-state index contributed by atoms with van der Waals surface area (Å²) in [5, 5.41) is 3.38. The molecule has 0 saturated carbocycles. The topological polar surface area (TPSA) is 35.6 Å². The number of fused-ring (bicyclic) bond motifs is 1. The quantitative estimate of drug-likeness (QED) is 0.882. The molecule has 4 heteroatoms. The maximum Gasteiger partial charge on any atom is 0.324 e. The van der Waals surface area contributed by atoms with Crippen LogP contribution in [0.5, 0.6) is 0 Å². The van der Waals surface area contributed by atoms with Crippen molar-refractivity contribution in [2.75, 3.05) is 31.6 Å². The molecule has 0 aromatic heterocycles. The number of para-hydroxylation sites is 1. The standard InChI is InChI=1S/C15H21N3O/c1-17-11-13-4-2-3-5-14(13)18(15(17)19)10-12-6-8-16-9-7-12/h2-5,12,16H,6-11H2,1H3. The van der Waals surface area contributed by atoms with E-state index in [4.69, 9.17) is 0 Å². The molecule has 0 aliphatic carbocycles. The third-order valence-electron chi connectivity index (χ3n) is 4.15. The van der Waals surface area contributed by atoms with Crippen molar-refractivity contribution < 1.29 is 4.79 Å².